The first-order valence-corrected chi connectivity index (χ1v) is 4.69. The number of esters is 1. The molecular formula is C9H17ClNO2+. The minimum atomic E-state index is -0.325. The smallest absolute Gasteiger partial charge is 0.330 e. The zero-order chi connectivity index (χ0) is 10.3. The zero-order valence-electron chi connectivity index (χ0n) is 8.42. The van der Waals surface area contributed by atoms with Crippen LogP contribution in [0, 0.1) is 0 Å². The summed E-state index contributed by atoms with van der Waals surface area (Å²) < 4.78 is 5.70. The number of likely N-dealkylation sites (N-methyl/N-ethyl adjacent to an activating group) is 1. The summed E-state index contributed by atoms with van der Waals surface area (Å²) in [6, 6.07) is 0. The Kier molecular flexibility index (Phi) is 5.75. The van der Waals surface area contributed by atoms with E-state index in [1.807, 2.05) is 21.1 Å². The van der Waals surface area contributed by atoms with Crippen molar-refractivity contribution in [3.05, 3.63) is 12.2 Å². The zero-order valence-corrected chi connectivity index (χ0v) is 9.17. The number of carbonyl (C=O) groups excluding carboxylic acids is 1. The van der Waals surface area contributed by atoms with Crippen LogP contribution in [0.1, 0.15) is 0 Å². The van der Waals surface area contributed by atoms with Crippen molar-refractivity contribution in [3.63, 3.8) is 0 Å². The maximum Gasteiger partial charge on any atom is 0.330 e. The molecule has 0 aliphatic carbocycles. The first kappa shape index (κ1) is 12.5. The molecule has 0 fully saturated rings. The van der Waals surface area contributed by atoms with Gasteiger partial charge in [0.2, 0.25) is 0 Å². The van der Waals surface area contributed by atoms with E-state index in [2.05, 4.69) is 0 Å². The van der Waals surface area contributed by atoms with Crippen LogP contribution in [0.3, 0.4) is 0 Å². The van der Waals surface area contributed by atoms with Gasteiger partial charge in [0.05, 0.1) is 21.1 Å². The van der Waals surface area contributed by atoms with Crippen molar-refractivity contribution in [2.24, 2.45) is 0 Å². The van der Waals surface area contributed by atoms with Crippen molar-refractivity contribution in [1.29, 1.82) is 0 Å². The molecule has 0 spiro atoms. The molecule has 0 aromatic heterocycles. The van der Waals surface area contributed by atoms with Crippen molar-refractivity contribution >= 4 is 17.6 Å². The van der Waals surface area contributed by atoms with E-state index in [4.69, 9.17) is 16.3 Å². The largest absolute Gasteiger partial charge is 0.457 e. The Labute approximate surface area is 84.5 Å². The van der Waals surface area contributed by atoms with Gasteiger partial charge in [-0.2, -0.15) is 0 Å². The second-order valence-corrected chi connectivity index (χ2v) is 4.05. The fourth-order valence-corrected chi connectivity index (χ4v) is 0.698. The lowest BCUT2D eigenvalue weighted by Gasteiger charge is -2.23. The number of hydrogen-bond acceptors (Lipinski definition) is 2. The number of quaternary nitrogens is 1. The fraction of sp³-hybridized carbons (Fsp3) is 0.667. The number of nitrogens with zero attached hydrogens (tertiary/aromatic N) is 1. The van der Waals surface area contributed by atoms with Crippen LogP contribution in [0.15, 0.2) is 12.2 Å². The highest BCUT2D eigenvalue weighted by Crippen LogP contribution is 1.90. The molecule has 0 bridgehead atoms. The van der Waals surface area contributed by atoms with Gasteiger partial charge in [-0.05, 0) is 0 Å². The second kappa shape index (κ2) is 6.00. The van der Waals surface area contributed by atoms with E-state index in [1.54, 1.807) is 6.08 Å². The lowest BCUT2D eigenvalue weighted by molar-refractivity contribution is -0.870. The number of rotatable bonds is 5. The Morgan fingerprint density at radius 2 is 2.08 bits per heavy atom. The molecule has 13 heavy (non-hydrogen) atoms. The summed E-state index contributed by atoms with van der Waals surface area (Å²) in [5, 5.41) is 0. The molecule has 4 heteroatoms. The number of ether oxygens (including phenoxy) is 1. The molecule has 0 rings (SSSR count). The maximum atomic E-state index is 10.9. The van der Waals surface area contributed by atoms with Crippen LogP contribution in [0.2, 0.25) is 0 Å². The van der Waals surface area contributed by atoms with Crippen LogP contribution >= 0.6 is 11.6 Å². The quantitative estimate of drug-likeness (QED) is 0.291. The molecule has 0 saturated carbocycles. The van der Waals surface area contributed by atoms with Gasteiger partial charge >= 0.3 is 5.97 Å². The molecule has 0 aliphatic heterocycles. The number of halogens is 1. The Morgan fingerprint density at radius 1 is 1.46 bits per heavy atom. The molecule has 0 aromatic carbocycles. The van der Waals surface area contributed by atoms with Crippen LogP contribution in [0.25, 0.3) is 0 Å². The van der Waals surface area contributed by atoms with Gasteiger partial charge in [-0.15, -0.1) is 11.6 Å². The lowest BCUT2D eigenvalue weighted by Crippen LogP contribution is -2.37. The number of hydrogen-bond donors (Lipinski definition) is 0. The van der Waals surface area contributed by atoms with Crippen LogP contribution in [-0.4, -0.2) is 50.6 Å². The summed E-state index contributed by atoms with van der Waals surface area (Å²) >= 11 is 5.35. The normalized spacial score (nSPS) is 12.0. The third kappa shape index (κ3) is 9.37. The third-order valence-corrected chi connectivity index (χ3v) is 1.53. The van der Waals surface area contributed by atoms with E-state index in [1.165, 1.54) is 6.08 Å². The highest BCUT2D eigenvalue weighted by Gasteiger charge is 2.07. The number of carbonyl (C=O) groups is 1. The molecular weight excluding hydrogens is 190 g/mol. The van der Waals surface area contributed by atoms with Gasteiger partial charge in [0, 0.05) is 12.0 Å². The minimum absolute atomic E-state index is 0.325. The van der Waals surface area contributed by atoms with Gasteiger partial charge in [-0.3, -0.25) is 0 Å². The first-order valence-electron chi connectivity index (χ1n) is 4.15. The van der Waals surface area contributed by atoms with Crippen LogP contribution in [-0.2, 0) is 9.53 Å². The Bertz CT molecular complexity index is 185. The van der Waals surface area contributed by atoms with E-state index in [-0.39, 0.29) is 5.97 Å². The summed E-state index contributed by atoms with van der Waals surface area (Å²) in [5.41, 5.74) is 0. The average Bonchev–Trinajstić information content (AvgIpc) is 1.98. The summed E-state index contributed by atoms with van der Waals surface area (Å²) in [4.78, 5) is 10.9. The average molecular weight is 207 g/mol. The highest BCUT2D eigenvalue weighted by molar-refractivity contribution is 6.19. The van der Waals surface area contributed by atoms with Crippen LogP contribution < -0.4 is 0 Å². The van der Waals surface area contributed by atoms with Crippen LogP contribution in [0.4, 0.5) is 0 Å². The van der Waals surface area contributed by atoms with Gasteiger partial charge in [-0.1, -0.05) is 6.08 Å². The van der Waals surface area contributed by atoms with Crippen molar-refractivity contribution in [3.8, 4) is 0 Å². The molecule has 0 aromatic rings. The fourth-order valence-electron chi connectivity index (χ4n) is 0.609. The lowest BCUT2D eigenvalue weighted by atomic mass is 10.5. The van der Waals surface area contributed by atoms with E-state index < -0.39 is 0 Å². The van der Waals surface area contributed by atoms with Crippen molar-refractivity contribution in [1.82, 2.24) is 0 Å². The van der Waals surface area contributed by atoms with Gasteiger partial charge in [0.1, 0.15) is 13.2 Å². The topological polar surface area (TPSA) is 26.3 Å². The Morgan fingerprint density at radius 3 is 2.54 bits per heavy atom. The molecule has 0 aliphatic rings. The predicted octanol–water partition coefficient (Wildman–Crippen LogP) is 1.03. The van der Waals surface area contributed by atoms with Crippen molar-refractivity contribution in [2.45, 2.75) is 0 Å². The summed E-state index contributed by atoms with van der Waals surface area (Å²) in [6.07, 6.45) is 2.92. The highest BCUT2D eigenvalue weighted by atomic mass is 35.5. The van der Waals surface area contributed by atoms with E-state index >= 15 is 0 Å². The first-order chi connectivity index (χ1) is 5.95. The van der Waals surface area contributed by atoms with Gasteiger partial charge in [-0.25, -0.2) is 4.79 Å². The Balaban J connectivity index is 3.54. The standard InChI is InChI=1S/C9H17ClNO2/c1-11(2,3)7-8-13-9(12)5-4-6-10/h4-5H,6-8H2,1-3H3/q+1. The monoisotopic (exact) mass is 206 g/mol. The van der Waals surface area contributed by atoms with E-state index in [0.29, 0.717) is 12.5 Å². The molecule has 0 N–H and O–H groups in total. The van der Waals surface area contributed by atoms with E-state index in [9.17, 15) is 4.79 Å². The number of allylic oxidation sites excluding steroid dienone is 1. The second-order valence-electron chi connectivity index (χ2n) is 3.74. The summed E-state index contributed by atoms with van der Waals surface area (Å²) in [7, 11) is 6.13. The van der Waals surface area contributed by atoms with Crippen molar-refractivity contribution in [2.75, 3.05) is 40.2 Å². The Hall–Kier alpha value is -0.540. The molecule has 0 amide bonds. The van der Waals surface area contributed by atoms with Gasteiger partial charge in [0.25, 0.3) is 0 Å². The molecule has 0 saturated heterocycles. The number of alkyl halides is 1. The molecule has 3 nitrogen and oxygen atoms in total. The third-order valence-electron chi connectivity index (χ3n) is 1.35. The van der Waals surface area contributed by atoms with Gasteiger partial charge < -0.3 is 9.22 Å². The molecule has 0 radical (unpaired) electrons. The molecule has 0 atom stereocenters. The molecule has 0 unspecified atom stereocenters. The molecule has 0 heterocycles. The van der Waals surface area contributed by atoms with Crippen molar-refractivity contribution < 1.29 is 14.0 Å². The minimum Gasteiger partial charge on any atom is -0.457 e. The van der Waals surface area contributed by atoms with Crippen LogP contribution in [0.5, 0.6) is 0 Å². The molecule has 76 valence electrons. The van der Waals surface area contributed by atoms with Gasteiger partial charge in [0.15, 0.2) is 0 Å². The summed E-state index contributed by atoms with van der Waals surface area (Å²) in [6.45, 7) is 1.25. The van der Waals surface area contributed by atoms with E-state index in [0.717, 1.165) is 11.0 Å². The predicted molar refractivity (Wildman–Crippen MR) is 53.7 cm³/mol. The SMILES string of the molecule is C[N+](C)(C)CCOC(=O)C=CCCl. The maximum absolute atomic E-state index is 10.9. The summed E-state index contributed by atoms with van der Waals surface area (Å²) in [5.74, 6) is 0.0128.